The van der Waals surface area contributed by atoms with E-state index in [9.17, 15) is 4.79 Å². The van der Waals surface area contributed by atoms with Gasteiger partial charge in [0, 0.05) is 12.8 Å². The van der Waals surface area contributed by atoms with E-state index in [1.807, 2.05) is 0 Å². The van der Waals surface area contributed by atoms with Gasteiger partial charge in [0.15, 0.2) is 0 Å². The monoisotopic (exact) mass is 261 g/mol. The van der Waals surface area contributed by atoms with Crippen molar-refractivity contribution in [3.63, 3.8) is 0 Å². The van der Waals surface area contributed by atoms with Gasteiger partial charge < -0.3 is 5.73 Å². The molecule has 19 heavy (non-hydrogen) atoms. The molecule has 0 heterocycles. The summed E-state index contributed by atoms with van der Waals surface area (Å²) in [7, 11) is 0. The Morgan fingerprint density at radius 1 is 0.947 bits per heavy atom. The van der Waals surface area contributed by atoms with Crippen molar-refractivity contribution in [1.29, 1.82) is 0 Å². The molecule has 5 rings (SSSR count). The predicted octanol–water partition coefficient (Wildman–Crippen LogP) is 3.29. The van der Waals surface area contributed by atoms with Crippen LogP contribution in [0.4, 0.5) is 0 Å². The Bertz CT molecular complexity index is 355. The van der Waals surface area contributed by atoms with Crippen LogP contribution in [0.1, 0.15) is 64.2 Å². The molecule has 0 radical (unpaired) electrons. The zero-order valence-corrected chi connectivity index (χ0v) is 12.0. The first-order valence-electron chi connectivity index (χ1n) is 8.37. The second kappa shape index (κ2) is 4.07. The van der Waals surface area contributed by atoms with E-state index in [0.717, 1.165) is 50.0 Å². The van der Waals surface area contributed by atoms with Crippen molar-refractivity contribution in [3.05, 3.63) is 0 Å². The molecule has 0 aromatic heterocycles. The summed E-state index contributed by atoms with van der Waals surface area (Å²) < 4.78 is 0. The van der Waals surface area contributed by atoms with E-state index in [-0.39, 0.29) is 0 Å². The Labute approximate surface area is 116 Å². The lowest BCUT2D eigenvalue weighted by Crippen LogP contribution is -2.58. The lowest BCUT2D eigenvalue weighted by Gasteiger charge is -2.64. The van der Waals surface area contributed by atoms with Crippen molar-refractivity contribution in [3.8, 4) is 0 Å². The second-order valence-corrected chi connectivity index (χ2v) is 8.22. The molecule has 2 heteroatoms. The summed E-state index contributed by atoms with van der Waals surface area (Å²) in [5.74, 6) is 3.46. The maximum atomic E-state index is 11.7. The van der Waals surface area contributed by atoms with E-state index >= 15 is 0 Å². The third kappa shape index (κ3) is 1.68. The van der Waals surface area contributed by atoms with Crippen molar-refractivity contribution in [2.45, 2.75) is 64.2 Å². The first kappa shape index (κ1) is 12.4. The first-order chi connectivity index (χ1) is 9.15. The van der Waals surface area contributed by atoms with Gasteiger partial charge in [-0.1, -0.05) is 0 Å². The molecule has 0 aromatic rings. The third-order valence-electron chi connectivity index (χ3n) is 7.32. The lowest BCUT2D eigenvalue weighted by atomic mass is 9.40. The summed E-state index contributed by atoms with van der Waals surface area (Å²) >= 11 is 0. The van der Waals surface area contributed by atoms with Crippen LogP contribution in [0.2, 0.25) is 0 Å². The Balaban J connectivity index is 1.67. The highest BCUT2D eigenvalue weighted by molar-refractivity contribution is 5.79. The molecule has 5 aliphatic rings. The third-order valence-corrected chi connectivity index (χ3v) is 7.32. The first-order valence-corrected chi connectivity index (χ1v) is 8.37. The molecule has 4 bridgehead atoms. The largest absolute Gasteiger partial charge is 0.330 e. The molecule has 106 valence electrons. The quantitative estimate of drug-likeness (QED) is 0.829. The Kier molecular flexibility index (Phi) is 2.65. The van der Waals surface area contributed by atoms with Gasteiger partial charge in [-0.2, -0.15) is 0 Å². The number of rotatable bonds is 2. The second-order valence-electron chi connectivity index (χ2n) is 8.22. The number of nitrogens with two attached hydrogens (primary N) is 1. The van der Waals surface area contributed by atoms with Crippen molar-refractivity contribution in [2.24, 2.45) is 34.3 Å². The topological polar surface area (TPSA) is 43.1 Å². The summed E-state index contributed by atoms with van der Waals surface area (Å²) in [5.41, 5.74) is 7.14. The smallest absolute Gasteiger partial charge is 0.132 e. The van der Waals surface area contributed by atoms with E-state index in [4.69, 9.17) is 5.73 Å². The van der Waals surface area contributed by atoms with Gasteiger partial charge in [0.05, 0.1) is 0 Å². The molecule has 0 spiro atoms. The lowest BCUT2D eigenvalue weighted by molar-refractivity contribution is -0.149. The molecule has 0 atom stereocenters. The molecule has 5 saturated carbocycles. The Hall–Kier alpha value is -0.370. The van der Waals surface area contributed by atoms with Gasteiger partial charge in [0.2, 0.25) is 0 Å². The van der Waals surface area contributed by atoms with Gasteiger partial charge in [0.25, 0.3) is 0 Å². The van der Waals surface area contributed by atoms with Crippen molar-refractivity contribution in [2.75, 3.05) is 6.54 Å². The summed E-state index contributed by atoms with van der Waals surface area (Å²) in [6.07, 6.45) is 12.6. The highest BCUT2D eigenvalue weighted by atomic mass is 16.1. The average molecular weight is 261 g/mol. The fourth-order valence-corrected chi connectivity index (χ4v) is 6.72. The van der Waals surface area contributed by atoms with Crippen LogP contribution in [0, 0.1) is 28.6 Å². The van der Waals surface area contributed by atoms with Crippen LogP contribution in [0.25, 0.3) is 0 Å². The zero-order valence-electron chi connectivity index (χ0n) is 12.0. The summed E-state index contributed by atoms with van der Waals surface area (Å²) in [4.78, 5) is 11.7. The van der Waals surface area contributed by atoms with Gasteiger partial charge >= 0.3 is 0 Å². The number of hydrogen-bond acceptors (Lipinski definition) is 2. The highest BCUT2D eigenvalue weighted by Gasteiger charge is 2.59. The molecule has 5 fully saturated rings. The molecule has 0 unspecified atom stereocenters. The van der Waals surface area contributed by atoms with Gasteiger partial charge in [0.1, 0.15) is 5.78 Å². The van der Waals surface area contributed by atoms with Crippen LogP contribution in [-0.4, -0.2) is 12.3 Å². The number of carbonyl (C=O) groups is 1. The molecule has 2 nitrogen and oxygen atoms in total. The average Bonchev–Trinajstić information content (AvgIpc) is 2.38. The van der Waals surface area contributed by atoms with Gasteiger partial charge in [-0.3, -0.25) is 4.79 Å². The SMILES string of the molecule is NCC1(C23CC4CC(CC(C4)C2)C3)CCC(=O)CC1. The van der Waals surface area contributed by atoms with E-state index in [2.05, 4.69) is 0 Å². The van der Waals surface area contributed by atoms with Crippen molar-refractivity contribution in [1.82, 2.24) is 0 Å². The predicted molar refractivity (Wildman–Crippen MR) is 75.6 cm³/mol. The van der Waals surface area contributed by atoms with Crippen LogP contribution in [0.3, 0.4) is 0 Å². The molecule has 2 N–H and O–H groups in total. The summed E-state index contributed by atoms with van der Waals surface area (Å²) in [6.45, 7) is 0.826. The van der Waals surface area contributed by atoms with Crippen LogP contribution >= 0.6 is 0 Å². The van der Waals surface area contributed by atoms with Gasteiger partial charge in [-0.05, 0) is 86.5 Å². The van der Waals surface area contributed by atoms with Gasteiger partial charge in [-0.25, -0.2) is 0 Å². The number of hydrogen-bond donors (Lipinski definition) is 1. The molecule has 0 amide bonds. The fraction of sp³-hybridized carbons (Fsp3) is 0.941. The van der Waals surface area contributed by atoms with Crippen LogP contribution in [0.15, 0.2) is 0 Å². The van der Waals surface area contributed by atoms with Gasteiger partial charge in [-0.15, -0.1) is 0 Å². The molecular formula is C17H27NO. The molecule has 0 aromatic carbocycles. The fourth-order valence-electron chi connectivity index (χ4n) is 6.72. The van der Waals surface area contributed by atoms with E-state index < -0.39 is 0 Å². The highest BCUT2D eigenvalue weighted by Crippen LogP contribution is 2.68. The minimum atomic E-state index is 0.316. The summed E-state index contributed by atoms with van der Waals surface area (Å²) in [6, 6.07) is 0. The normalized spacial score (nSPS) is 47.6. The van der Waals surface area contributed by atoms with E-state index in [1.54, 1.807) is 0 Å². The maximum Gasteiger partial charge on any atom is 0.132 e. The minimum Gasteiger partial charge on any atom is -0.330 e. The molecule has 0 saturated heterocycles. The molecule has 0 aliphatic heterocycles. The van der Waals surface area contributed by atoms with E-state index in [0.29, 0.717) is 16.6 Å². The van der Waals surface area contributed by atoms with Crippen molar-refractivity contribution >= 4 is 5.78 Å². The standard InChI is InChI=1S/C17H27NO/c18-11-16(3-1-15(19)2-4-16)17-8-12-5-13(9-17)7-14(6-12)10-17/h12-14H,1-11,18H2. The number of carbonyl (C=O) groups excluding carboxylic acids is 1. The van der Waals surface area contributed by atoms with E-state index in [1.165, 1.54) is 38.5 Å². The van der Waals surface area contributed by atoms with Crippen LogP contribution in [0.5, 0.6) is 0 Å². The number of ketones is 1. The zero-order chi connectivity index (χ0) is 13.1. The summed E-state index contributed by atoms with van der Waals surface area (Å²) in [5, 5.41) is 0. The molecular weight excluding hydrogens is 234 g/mol. The molecule has 5 aliphatic carbocycles. The van der Waals surface area contributed by atoms with Crippen LogP contribution < -0.4 is 5.73 Å². The number of Topliss-reactive ketones (excluding diaryl/α,β-unsaturated/α-hetero) is 1. The maximum absolute atomic E-state index is 11.7. The van der Waals surface area contributed by atoms with Crippen LogP contribution in [-0.2, 0) is 4.79 Å². The van der Waals surface area contributed by atoms with Crippen molar-refractivity contribution < 1.29 is 4.79 Å². The minimum absolute atomic E-state index is 0.316. The Morgan fingerprint density at radius 3 is 1.84 bits per heavy atom. The Morgan fingerprint density at radius 2 is 1.42 bits per heavy atom.